The second kappa shape index (κ2) is 8.26. The van der Waals surface area contributed by atoms with E-state index in [0.29, 0.717) is 11.8 Å². The number of sulfone groups is 1. The van der Waals surface area contributed by atoms with Gasteiger partial charge in [0.05, 0.1) is 16.3 Å². The van der Waals surface area contributed by atoms with Gasteiger partial charge in [0.2, 0.25) is 9.84 Å². The number of hydrogen-bond acceptors (Lipinski definition) is 4. The molecule has 0 heterocycles. The van der Waals surface area contributed by atoms with E-state index in [0.717, 1.165) is 24.3 Å². The van der Waals surface area contributed by atoms with Crippen molar-refractivity contribution >= 4 is 33.2 Å². The number of para-hydroxylation sites is 1. The van der Waals surface area contributed by atoms with Gasteiger partial charge in [0, 0.05) is 10.5 Å². The third-order valence-corrected chi connectivity index (χ3v) is 5.74. The second-order valence-electron chi connectivity index (χ2n) is 5.18. The van der Waals surface area contributed by atoms with Crippen molar-refractivity contribution in [1.29, 1.82) is 0 Å². The van der Waals surface area contributed by atoms with Crippen molar-refractivity contribution in [2.24, 2.45) is 0 Å². The van der Waals surface area contributed by atoms with Gasteiger partial charge in [-0.3, -0.25) is 4.79 Å². The second-order valence-corrected chi connectivity index (χ2v) is 8.12. The van der Waals surface area contributed by atoms with E-state index in [1.54, 1.807) is 0 Å². The van der Waals surface area contributed by atoms with Crippen LogP contribution < -0.4 is 5.32 Å². The summed E-state index contributed by atoms with van der Waals surface area (Å²) in [7, 11) is -4.78. The molecule has 0 spiro atoms. The Hall–Kier alpha value is -2.14. The molecule has 4 nitrogen and oxygen atoms in total. The molecular formula is C16H12F5NO3S2. The standard InChI is InChI=1S/C16H12F5NO3S2/c17-15(18)27(24,25)11-7-5-10(6-8-11)14(23)22-12-3-1-2-4-13(12)26-9-16(19,20)21/h1-8,15H,9H2,(H,22,23). The lowest BCUT2D eigenvalue weighted by Gasteiger charge is -2.12. The molecule has 0 fully saturated rings. The van der Waals surface area contributed by atoms with E-state index in [1.807, 2.05) is 0 Å². The van der Waals surface area contributed by atoms with Crippen molar-refractivity contribution < 1.29 is 35.2 Å². The highest BCUT2D eigenvalue weighted by Crippen LogP contribution is 2.32. The predicted molar refractivity (Wildman–Crippen MR) is 90.8 cm³/mol. The number of hydrogen-bond donors (Lipinski definition) is 1. The van der Waals surface area contributed by atoms with Crippen molar-refractivity contribution in [1.82, 2.24) is 0 Å². The van der Waals surface area contributed by atoms with E-state index < -0.39 is 38.3 Å². The molecule has 2 aromatic carbocycles. The maximum atomic E-state index is 12.5. The topological polar surface area (TPSA) is 63.2 Å². The zero-order chi connectivity index (χ0) is 20.2. The van der Waals surface area contributed by atoms with Crippen LogP contribution in [0.2, 0.25) is 0 Å². The minimum Gasteiger partial charge on any atom is -0.321 e. The van der Waals surface area contributed by atoms with E-state index in [2.05, 4.69) is 5.32 Å². The van der Waals surface area contributed by atoms with Gasteiger partial charge in [0.1, 0.15) is 0 Å². The Morgan fingerprint density at radius 1 is 1.04 bits per heavy atom. The number of thioether (sulfide) groups is 1. The fourth-order valence-electron chi connectivity index (χ4n) is 1.95. The Morgan fingerprint density at radius 2 is 1.63 bits per heavy atom. The lowest BCUT2D eigenvalue weighted by molar-refractivity contribution is -0.105. The van der Waals surface area contributed by atoms with Crippen LogP contribution in [0, 0.1) is 0 Å². The van der Waals surface area contributed by atoms with E-state index in [4.69, 9.17) is 0 Å². The number of carbonyl (C=O) groups excluding carboxylic acids is 1. The maximum Gasteiger partial charge on any atom is 0.398 e. The fraction of sp³-hybridized carbons (Fsp3) is 0.188. The number of rotatable bonds is 6. The van der Waals surface area contributed by atoms with Gasteiger partial charge < -0.3 is 5.32 Å². The van der Waals surface area contributed by atoms with Crippen LogP contribution in [0.4, 0.5) is 27.6 Å². The smallest absolute Gasteiger partial charge is 0.321 e. The van der Waals surface area contributed by atoms with Crippen LogP contribution in [0.25, 0.3) is 0 Å². The van der Waals surface area contributed by atoms with Crippen molar-refractivity contribution in [3.8, 4) is 0 Å². The van der Waals surface area contributed by atoms with Crippen LogP contribution in [0.1, 0.15) is 10.4 Å². The van der Waals surface area contributed by atoms with E-state index in [1.165, 1.54) is 24.3 Å². The summed E-state index contributed by atoms with van der Waals surface area (Å²) in [6.07, 6.45) is -4.38. The number of alkyl halides is 5. The summed E-state index contributed by atoms with van der Waals surface area (Å²) in [6, 6.07) is 9.65. The van der Waals surface area contributed by atoms with Crippen LogP contribution >= 0.6 is 11.8 Å². The normalized spacial score (nSPS) is 12.2. The SMILES string of the molecule is O=C(Nc1ccccc1SCC(F)(F)F)c1ccc(S(=O)(=O)C(F)F)cc1. The van der Waals surface area contributed by atoms with Gasteiger partial charge in [0.15, 0.2) is 0 Å². The molecule has 146 valence electrons. The predicted octanol–water partition coefficient (Wildman–Crippen LogP) is 4.59. The Kier molecular flexibility index (Phi) is 6.47. The van der Waals surface area contributed by atoms with Crippen LogP contribution in [-0.4, -0.2) is 32.0 Å². The first-order valence-corrected chi connectivity index (χ1v) is 9.76. The number of anilines is 1. The molecule has 0 bridgehead atoms. The van der Waals surface area contributed by atoms with Gasteiger partial charge in [-0.25, -0.2) is 8.42 Å². The molecule has 0 aliphatic heterocycles. The minimum atomic E-state index is -4.78. The minimum absolute atomic E-state index is 0.0427. The van der Waals surface area contributed by atoms with Crippen LogP contribution in [0.3, 0.4) is 0 Å². The van der Waals surface area contributed by atoms with E-state index in [9.17, 15) is 35.2 Å². The Labute approximate surface area is 155 Å². The molecule has 1 N–H and O–H groups in total. The average molecular weight is 425 g/mol. The van der Waals surface area contributed by atoms with Gasteiger partial charge in [0.25, 0.3) is 5.91 Å². The summed E-state index contributed by atoms with van der Waals surface area (Å²) in [6.45, 7) is 0. The highest BCUT2D eigenvalue weighted by molar-refractivity contribution is 7.99. The maximum absolute atomic E-state index is 12.5. The van der Waals surface area contributed by atoms with Crippen molar-refractivity contribution in [2.45, 2.75) is 21.7 Å². The zero-order valence-electron chi connectivity index (χ0n) is 13.3. The monoisotopic (exact) mass is 425 g/mol. The van der Waals surface area contributed by atoms with Gasteiger partial charge in [-0.05, 0) is 36.4 Å². The molecule has 11 heteroatoms. The largest absolute Gasteiger partial charge is 0.398 e. The Bertz CT molecular complexity index is 912. The molecule has 2 aromatic rings. The summed E-state index contributed by atoms with van der Waals surface area (Å²) in [5.74, 6) is -5.45. The van der Waals surface area contributed by atoms with Crippen molar-refractivity contribution in [2.75, 3.05) is 11.1 Å². The highest BCUT2D eigenvalue weighted by Gasteiger charge is 2.28. The Balaban J connectivity index is 2.16. The van der Waals surface area contributed by atoms with E-state index >= 15 is 0 Å². The summed E-state index contributed by atoms with van der Waals surface area (Å²) in [4.78, 5) is 11.8. The lowest BCUT2D eigenvalue weighted by atomic mass is 10.2. The molecule has 1 amide bonds. The summed E-state index contributed by atoms with van der Waals surface area (Å²) in [5, 5.41) is 2.42. The van der Waals surface area contributed by atoms with Gasteiger partial charge in [-0.15, -0.1) is 11.8 Å². The molecule has 0 atom stereocenters. The van der Waals surface area contributed by atoms with Crippen LogP contribution in [0.5, 0.6) is 0 Å². The summed E-state index contributed by atoms with van der Waals surface area (Å²) in [5.41, 5.74) is 0.0971. The fourth-order valence-corrected chi connectivity index (χ4v) is 3.44. The molecule has 2 rings (SSSR count). The first kappa shape index (κ1) is 21.2. The number of nitrogens with one attached hydrogen (secondary N) is 1. The molecule has 27 heavy (non-hydrogen) atoms. The highest BCUT2D eigenvalue weighted by atomic mass is 32.2. The number of amides is 1. The molecule has 0 saturated carbocycles. The zero-order valence-corrected chi connectivity index (χ0v) is 15.0. The molecule has 0 aromatic heterocycles. The van der Waals surface area contributed by atoms with Crippen molar-refractivity contribution in [3.05, 3.63) is 54.1 Å². The number of carbonyl (C=O) groups is 1. The average Bonchev–Trinajstić information content (AvgIpc) is 2.60. The van der Waals surface area contributed by atoms with E-state index in [-0.39, 0.29) is 16.1 Å². The number of benzene rings is 2. The van der Waals surface area contributed by atoms with Gasteiger partial charge in [-0.2, -0.15) is 22.0 Å². The van der Waals surface area contributed by atoms with Gasteiger partial charge in [-0.1, -0.05) is 12.1 Å². The van der Waals surface area contributed by atoms with Crippen LogP contribution in [0.15, 0.2) is 58.3 Å². The molecule has 0 unspecified atom stereocenters. The molecule has 0 aliphatic carbocycles. The first-order chi connectivity index (χ1) is 12.5. The third-order valence-electron chi connectivity index (χ3n) is 3.21. The first-order valence-electron chi connectivity index (χ1n) is 7.23. The summed E-state index contributed by atoms with van der Waals surface area (Å²) < 4.78 is 84.8. The molecule has 0 aliphatic rings. The molecule has 0 saturated heterocycles. The van der Waals surface area contributed by atoms with Gasteiger partial charge >= 0.3 is 11.9 Å². The third kappa shape index (κ3) is 5.67. The molecule has 0 radical (unpaired) electrons. The quantitative estimate of drug-likeness (QED) is 0.543. The van der Waals surface area contributed by atoms with Crippen LogP contribution in [-0.2, 0) is 9.84 Å². The lowest BCUT2D eigenvalue weighted by Crippen LogP contribution is -2.15. The van der Waals surface area contributed by atoms with Crippen molar-refractivity contribution in [3.63, 3.8) is 0 Å². The number of halogens is 5. The molecular weight excluding hydrogens is 413 g/mol. The Morgan fingerprint density at radius 3 is 2.19 bits per heavy atom. The summed E-state index contributed by atoms with van der Waals surface area (Å²) >= 11 is 0.498.